The Bertz CT molecular complexity index is 461. The van der Waals surface area contributed by atoms with E-state index in [2.05, 4.69) is 14.5 Å². The first-order valence-electron chi connectivity index (χ1n) is 4.41. The number of methoxy groups -OCH3 is 1. The minimum atomic E-state index is -5.02. The van der Waals surface area contributed by atoms with E-state index in [1.165, 1.54) is 0 Å². The smallest absolute Gasteiger partial charge is 0.492 e. The highest BCUT2D eigenvalue weighted by atomic mass is 19.4. The maximum atomic E-state index is 12.7. The summed E-state index contributed by atoms with van der Waals surface area (Å²) in [4.78, 5) is 13.9. The van der Waals surface area contributed by atoms with Crippen LogP contribution in [0.4, 0.5) is 17.6 Å². The molecule has 0 aromatic carbocycles. The molecule has 1 aromatic heterocycles. The number of carbonyl (C=O) groups is 1. The maximum Gasteiger partial charge on any atom is 0.573 e. The third kappa shape index (κ3) is 2.99. The van der Waals surface area contributed by atoms with Crippen molar-refractivity contribution in [2.24, 2.45) is 0 Å². The molecule has 0 saturated heterocycles. The molecule has 0 bridgehead atoms. The summed E-state index contributed by atoms with van der Waals surface area (Å²) in [5.41, 5.74) is -1.35. The molecule has 0 amide bonds. The minimum absolute atomic E-state index is 0.509. The number of halogens is 4. The molecular weight excluding hydrogens is 262 g/mol. The van der Waals surface area contributed by atoms with E-state index < -0.39 is 41.8 Å². The highest BCUT2D eigenvalue weighted by molar-refractivity contribution is 5.88. The molecule has 1 rings (SSSR count). The van der Waals surface area contributed by atoms with Gasteiger partial charge in [0.05, 0.1) is 18.9 Å². The molecule has 1 heterocycles. The van der Waals surface area contributed by atoms with Crippen LogP contribution in [0.15, 0.2) is 6.20 Å². The molecule has 0 aliphatic heterocycles. The predicted octanol–water partition coefficient (Wildman–Crippen LogP) is 2.16. The van der Waals surface area contributed by atoms with Crippen LogP contribution in [-0.2, 0) is 6.67 Å². The van der Waals surface area contributed by atoms with E-state index in [4.69, 9.17) is 5.11 Å². The van der Waals surface area contributed by atoms with E-state index in [1.54, 1.807) is 0 Å². The lowest BCUT2D eigenvalue weighted by Crippen LogP contribution is -2.19. The third-order valence-corrected chi connectivity index (χ3v) is 1.86. The van der Waals surface area contributed by atoms with Gasteiger partial charge in [0.2, 0.25) is 0 Å². The lowest BCUT2D eigenvalue weighted by atomic mass is 10.2. The van der Waals surface area contributed by atoms with Crippen molar-refractivity contribution in [2.75, 3.05) is 7.11 Å². The van der Waals surface area contributed by atoms with Crippen molar-refractivity contribution in [3.05, 3.63) is 17.5 Å². The number of ether oxygens (including phenoxy) is 2. The molecule has 0 saturated carbocycles. The van der Waals surface area contributed by atoms with Gasteiger partial charge in [-0.1, -0.05) is 0 Å². The second-order valence-electron chi connectivity index (χ2n) is 2.97. The lowest BCUT2D eigenvalue weighted by Gasteiger charge is -2.15. The van der Waals surface area contributed by atoms with Crippen molar-refractivity contribution in [3.63, 3.8) is 0 Å². The molecule has 5 nitrogen and oxygen atoms in total. The Morgan fingerprint density at radius 3 is 2.50 bits per heavy atom. The van der Waals surface area contributed by atoms with Gasteiger partial charge in [-0.3, -0.25) is 0 Å². The number of rotatable bonds is 4. The summed E-state index contributed by atoms with van der Waals surface area (Å²) in [6, 6.07) is 0. The number of carboxylic acid groups (broad SMARTS) is 1. The van der Waals surface area contributed by atoms with E-state index in [-0.39, 0.29) is 0 Å². The Morgan fingerprint density at radius 1 is 1.50 bits per heavy atom. The SMILES string of the molecule is COc1c(OC(F)(F)F)cnc(C(=O)O)c1CF. The van der Waals surface area contributed by atoms with Crippen molar-refractivity contribution in [3.8, 4) is 11.5 Å². The van der Waals surface area contributed by atoms with Crippen molar-refractivity contribution >= 4 is 5.97 Å². The van der Waals surface area contributed by atoms with Gasteiger partial charge < -0.3 is 14.6 Å². The van der Waals surface area contributed by atoms with Crippen molar-refractivity contribution in [2.45, 2.75) is 13.0 Å². The highest BCUT2D eigenvalue weighted by Crippen LogP contribution is 2.36. The van der Waals surface area contributed by atoms with Crippen LogP contribution in [0.5, 0.6) is 11.5 Å². The van der Waals surface area contributed by atoms with Gasteiger partial charge in [-0.05, 0) is 0 Å². The van der Waals surface area contributed by atoms with Crippen LogP contribution in [0.25, 0.3) is 0 Å². The number of aromatic nitrogens is 1. The summed E-state index contributed by atoms with van der Waals surface area (Å²) in [5, 5.41) is 8.69. The van der Waals surface area contributed by atoms with Crippen molar-refractivity contribution in [1.82, 2.24) is 4.98 Å². The molecular formula is C9H7F4NO4. The second kappa shape index (κ2) is 5.07. The Balaban J connectivity index is 3.34. The molecule has 100 valence electrons. The van der Waals surface area contributed by atoms with Gasteiger partial charge in [-0.2, -0.15) is 0 Å². The normalized spacial score (nSPS) is 11.2. The van der Waals surface area contributed by atoms with Crippen LogP contribution in [0.1, 0.15) is 16.1 Å². The fraction of sp³-hybridized carbons (Fsp3) is 0.333. The second-order valence-corrected chi connectivity index (χ2v) is 2.97. The van der Waals surface area contributed by atoms with Crippen LogP contribution in [0.2, 0.25) is 0 Å². The average molecular weight is 269 g/mol. The fourth-order valence-electron chi connectivity index (χ4n) is 1.25. The zero-order valence-electron chi connectivity index (χ0n) is 8.92. The quantitative estimate of drug-likeness (QED) is 0.848. The summed E-state index contributed by atoms with van der Waals surface area (Å²) in [7, 11) is 0.962. The Kier molecular flexibility index (Phi) is 3.94. The zero-order chi connectivity index (χ0) is 13.9. The van der Waals surface area contributed by atoms with Crippen LogP contribution in [-0.4, -0.2) is 29.5 Å². The molecule has 9 heteroatoms. The van der Waals surface area contributed by atoms with Gasteiger partial charge in [-0.25, -0.2) is 14.2 Å². The van der Waals surface area contributed by atoms with Crippen LogP contribution < -0.4 is 9.47 Å². The Morgan fingerprint density at radius 2 is 2.11 bits per heavy atom. The molecule has 1 aromatic rings. The van der Waals surface area contributed by atoms with E-state index in [0.717, 1.165) is 7.11 Å². The number of nitrogens with zero attached hydrogens (tertiary/aromatic N) is 1. The monoisotopic (exact) mass is 269 g/mol. The van der Waals surface area contributed by atoms with E-state index in [0.29, 0.717) is 6.20 Å². The van der Waals surface area contributed by atoms with Crippen LogP contribution in [0, 0.1) is 0 Å². The average Bonchev–Trinajstić information content (AvgIpc) is 2.25. The van der Waals surface area contributed by atoms with Gasteiger partial charge in [0.25, 0.3) is 0 Å². The summed E-state index contributed by atoms with van der Waals surface area (Å²) >= 11 is 0. The fourth-order valence-corrected chi connectivity index (χ4v) is 1.25. The number of alkyl halides is 4. The standard InChI is InChI=1S/C9H7F4NO4/c1-17-7-4(2-10)6(8(15)16)14-3-5(7)18-9(11,12)13/h3H,2H2,1H3,(H,15,16). The largest absolute Gasteiger partial charge is 0.573 e. The first-order chi connectivity index (χ1) is 8.30. The first kappa shape index (κ1) is 14.0. The molecule has 0 aliphatic carbocycles. The number of aromatic carboxylic acids is 1. The van der Waals surface area contributed by atoms with Gasteiger partial charge in [0.1, 0.15) is 6.67 Å². The van der Waals surface area contributed by atoms with Crippen molar-refractivity contribution in [1.29, 1.82) is 0 Å². The summed E-state index contributed by atoms with van der Waals surface area (Å²) in [6.07, 6.45) is -4.51. The first-order valence-corrected chi connectivity index (χ1v) is 4.41. The predicted molar refractivity (Wildman–Crippen MR) is 49.2 cm³/mol. The van der Waals surface area contributed by atoms with Gasteiger partial charge in [-0.15, -0.1) is 13.2 Å². The van der Waals surface area contributed by atoms with E-state index >= 15 is 0 Å². The third-order valence-electron chi connectivity index (χ3n) is 1.86. The number of carboxylic acids is 1. The molecule has 0 atom stereocenters. The Labute approximate surface area is 98.0 Å². The number of hydrogen-bond donors (Lipinski definition) is 1. The van der Waals surface area contributed by atoms with Gasteiger partial charge in [0.15, 0.2) is 17.2 Å². The number of pyridine rings is 1. The molecule has 18 heavy (non-hydrogen) atoms. The van der Waals surface area contributed by atoms with Gasteiger partial charge >= 0.3 is 12.3 Å². The Hall–Kier alpha value is -2.06. The van der Waals surface area contributed by atoms with Crippen LogP contribution >= 0.6 is 0 Å². The summed E-state index contributed by atoms with van der Waals surface area (Å²) < 4.78 is 56.9. The zero-order valence-corrected chi connectivity index (χ0v) is 8.92. The molecule has 0 spiro atoms. The minimum Gasteiger partial charge on any atom is -0.492 e. The van der Waals surface area contributed by atoms with Crippen LogP contribution in [0.3, 0.4) is 0 Å². The van der Waals surface area contributed by atoms with E-state index in [9.17, 15) is 22.4 Å². The molecule has 1 N–H and O–H groups in total. The molecule has 0 unspecified atom stereocenters. The highest BCUT2D eigenvalue weighted by Gasteiger charge is 2.34. The number of hydrogen-bond acceptors (Lipinski definition) is 4. The molecule has 0 aliphatic rings. The summed E-state index contributed by atoms with van der Waals surface area (Å²) in [6.45, 7) is -1.35. The molecule has 0 fully saturated rings. The van der Waals surface area contributed by atoms with Gasteiger partial charge in [0, 0.05) is 0 Å². The maximum absolute atomic E-state index is 12.7. The molecule has 0 radical (unpaired) electrons. The topological polar surface area (TPSA) is 68.7 Å². The summed E-state index contributed by atoms with van der Waals surface area (Å²) in [5.74, 6) is -3.13. The lowest BCUT2D eigenvalue weighted by molar-refractivity contribution is -0.275. The van der Waals surface area contributed by atoms with E-state index in [1.807, 2.05) is 0 Å². The van der Waals surface area contributed by atoms with Crippen molar-refractivity contribution < 1.29 is 36.9 Å².